The van der Waals surface area contributed by atoms with Crippen molar-refractivity contribution in [2.45, 2.75) is 25.8 Å². The first-order valence-electron chi connectivity index (χ1n) is 7.03. The lowest BCUT2D eigenvalue weighted by molar-refractivity contribution is 0.493. The molecule has 1 unspecified atom stereocenters. The van der Waals surface area contributed by atoms with Crippen LogP contribution in [-0.2, 0) is 6.42 Å². The Morgan fingerprint density at radius 1 is 1.10 bits per heavy atom. The van der Waals surface area contributed by atoms with Gasteiger partial charge in [-0.25, -0.2) is 8.78 Å². The summed E-state index contributed by atoms with van der Waals surface area (Å²) in [5, 5.41) is 3.60. The average Bonchev–Trinajstić information content (AvgIpc) is 2.48. The highest BCUT2D eigenvalue weighted by atomic mass is 35.5. The van der Waals surface area contributed by atoms with E-state index < -0.39 is 11.6 Å². The van der Waals surface area contributed by atoms with Gasteiger partial charge in [0.2, 0.25) is 0 Å². The lowest BCUT2D eigenvalue weighted by Gasteiger charge is -2.20. The van der Waals surface area contributed by atoms with Crippen molar-refractivity contribution < 1.29 is 8.78 Å². The third-order valence-corrected chi connectivity index (χ3v) is 3.67. The maximum Gasteiger partial charge on any atom is 0.160 e. The van der Waals surface area contributed by atoms with Crippen LogP contribution >= 0.6 is 11.6 Å². The van der Waals surface area contributed by atoms with E-state index in [1.807, 2.05) is 30.3 Å². The minimum absolute atomic E-state index is 0.144. The van der Waals surface area contributed by atoms with Gasteiger partial charge in [-0.2, -0.15) is 0 Å². The predicted octanol–water partition coefficient (Wildman–Crippen LogP) is 4.90. The Morgan fingerprint density at radius 3 is 2.43 bits per heavy atom. The Bertz CT molecular complexity index is 587. The fourth-order valence-corrected chi connectivity index (χ4v) is 2.55. The lowest BCUT2D eigenvalue weighted by Crippen LogP contribution is -2.24. The number of hydrogen-bond acceptors (Lipinski definition) is 1. The molecule has 2 aromatic rings. The molecule has 0 amide bonds. The molecule has 2 aromatic carbocycles. The normalized spacial score (nSPS) is 12.4. The zero-order valence-corrected chi connectivity index (χ0v) is 12.6. The summed E-state index contributed by atoms with van der Waals surface area (Å²) in [5.41, 5.74) is 1.71. The standard InChI is InChI=1S/C17H18ClF2N/c1-2-8-21-17(9-12-6-4-3-5-7-12)13-10-15(19)16(20)11-14(13)18/h3-7,10-11,17,21H,2,8-9H2,1H3. The average molecular weight is 310 g/mol. The molecule has 1 nitrogen and oxygen atoms in total. The van der Waals surface area contributed by atoms with Gasteiger partial charge < -0.3 is 5.32 Å². The molecule has 4 heteroatoms. The molecule has 0 saturated heterocycles. The zero-order valence-electron chi connectivity index (χ0n) is 11.9. The fourth-order valence-electron chi connectivity index (χ4n) is 2.27. The van der Waals surface area contributed by atoms with Gasteiger partial charge >= 0.3 is 0 Å². The summed E-state index contributed by atoms with van der Waals surface area (Å²) >= 11 is 6.09. The molecule has 0 aliphatic rings. The van der Waals surface area contributed by atoms with Crippen LogP contribution < -0.4 is 5.32 Å². The van der Waals surface area contributed by atoms with Gasteiger partial charge in [0, 0.05) is 11.1 Å². The van der Waals surface area contributed by atoms with E-state index in [1.165, 1.54) is 6.07 Å². The van der Waals surface area contributed by atoms with Gasteiger partial charge in [0.15, 0.2) is 11.6 Å². The minimum atomic E-state index is -0.919. The molecule has 21 heavy (non-hydrogen) atoms. The molecule has 0 bridgehead atoms. The topological polar surface area (TPSA) is 12.0 Å². The number of halogens is 3. The van der Waals surface area contributed by atoms with E-state index >= 15 is 0 Å². The number of nitrogens with one attached hydrogen (secondary N) is 1. The first-order chi connectivity index (χ1) is 10.1. The lowest BCUT2D eigenvalue weighted by atomic mass is 9.98. The Kier molecular flexibility index (Phi) is 5.71. The van der Waals surface area contributed by atoms with Crippen molar-refractivity contribution in [1.29, 1.82) is 0 Å². The molecule has 0 fully saturated rings. The maximum absolute atomic E-state index is 13.5. The van der Waals surface area contributed by atoms with Crippen LogP contribution in [0.25, 0.3) is 0 Å². The first kappa shape index (κ1) is 15.9. The largest absolute Gasteiger partial charge is 0.310 e. The molecule has 0 heterocycles. The molecule has 112 valence electrons. The molecule has 0 aliphatic heterocycles. The van der Waals surface area contributed by atoms with Crippen LogP contribution in [0.1, 0.15) is 30.5 Å². The Hall–Kier alpha value is -1.45. The van der Waals surface area contributed by atoms with Crippen molar-refractivity contribution in [3.05, 3.63) is 70.2 Å². The van der Waals surface area contributed by atoms with Gasteiger partial charge in [-0.15, -0.1) is 0 Å². The molecule has 1 N–H and O–H groups in total. The van der Waals surface area contributed by atoms with Gasteiger partial charge in [-0.1, -0.05) is 48.9 Å². The van der Waals surface area contributed by atoms with E-state index in [4.69, 9.17) is 11.6 Å². The summed E-state index contributed by atoms with van der Waals surface area (Å²) in [5.74, 6) is -1.79. The number of benzene rings is 2. The quantitative estimate of drug-likeness (QED) is 0.748. The summed E-state index contributed by atoms with van der Waals surface area (Å²) in [6, 6.07) is 12.0. The van der Waals surface area contributed by atoms with E-state index in [0.717, 1.165) is 24.6 Å². The summed E-state index contributed by atoms with van der Waals surface area (Å²) in [7, 11) is 0. The molecular formula is C17H18ClF2N. The van der Waals surface area contributed by atoms with E-state index in [9.17, 15) is 8.78 Å². The Balaban J connectivity index is 2.29. The molecule has 0 saturated carbocycles. The molecule has 1 atom stereocenters. The summed E-state index contributed by atoms with van der Waals surface area (Å²) in [4.78, 5) is 0. The van der Waals surface area contributed by atoms with E-state index in [-0.39, 0.29) is 11.1 Å². The van der Waals surface area contributed by atoms with Crippen molar-refractivity contribution in [3.63, 3.8) is 0 Å². The third kappa shape index (κ3) is 4.26. The van der Waals surface area contributed by atoms with E-state index in [2.05, 4.69) is 12.2 Å². The molecule has 0 aliphatic carbocycles. The summed E-state index contributed by atoms with van der Waals surface area (Å²) in [6.45, 7) is 2.84. The highest BCUT2D eigenvalue weighted by Crippen LogP contribution is 2.28. The molecule has 0 spiro atoms. The second-order valence-electron chi connectivity index (χ2n) is 4.98. The maximum atomic E-state index is 13.5. The zero-order chi connectivity index (χ0) is 15.2. The Morgan fingerprint density at radius 2 is 1.76 bits per heavy atom. The van der Waals surface area contributed by atoms with Gasteiger partial charge in [-0.3, -0.25) is 0 Å². The van der Waals surface area contributed by atoms with Crippen molar-refractivity contribution in [2.75, 3.05) is 6.54 Å². The van der Waals surface area contributed by atoms with Crippen LogP contribution in [0.5, 0.6) is 0 Å². The van der Waals surface area contributed by atoms with Crippen LogP contribution in [0.2, 0.25) is 5.02 Å². The van der Waals surface area contributed by atoms with Crippen molar-refractivity contribution >= 4 is 11.6 Å². The minimum Gasteiger partial charge on any atom is -0.310 e. The first-order valence-corrected chi connectivity index (χ1v) is 7.41. The third-order valence-electron chi connectivity index (χ3n) is 3.34. The fraction of sp³-hybridized carbons (Fsp3) is 0.294. The van der Waals surface area contributed by atoms with Crippen molar-refractivity contribution in [3.8, 4) is 0 Å². The van der Waals surface area contributed by atoms with Gasteiger partial charge in [0.05, 0.1) is 0 Å². The second-order valence-corrected chi connectivity index (χ2v) is 5.39. The molecular weight excluding hydrogens is 292 g/mol. The van der Waals surface area contributed by atoms with Crippen LogP contribution in [0.15, 0.2) is 42.5 Å². The highest BCUT2D eigenvalue weighted by Gasteiger charge is 2.17. The number of rotatable bonds is 6. The van der Waals surface area contributed by atoms with Crippen LogP contribution in [0, 0.1) is 11.6 Å². The SMILES string of the molecule is CCCNC(Cc1ccccc1)c1cc(F)c(F)cc1Cl. The smallest absolute Gasteiger partial charge is 0.160 e. The summed E-state index contributed by atoms with van der Waals surface area (Å²) < 4.78 is 26.7. The van der Waals surface area contributed by atoms with Gasteiger partial charge in [0.1, 0.15) is 0 Å². The van der Waals surface area contributed by atoms with Gasteiger partial charge in [0.25, 0.3) is 0 Å². The van der Waals surface area contributed by atoms with Crippen LogP contribution in [0.3, 0.4) is 0 Å². The monoisotopic (exact) mass is 309 g/mol. The number of hydrogen-bond donors (Lipinski definition) is 1. The van der Waals surface area contributed by atoms with Crippen molar-refractivity contribution in [1.82, 2.24) is 5.32 Å². The van der Waals surface area contributed by atoms with Crippen LogP contribution in [-0.4, -0.2) is 6.54 Å². The van der Waals surface area contributed by atoms with Crippen LogP contribution in [0.4, 0.5) is 8.78 Å². The van der Waals surface area contributed by atoms with E-state index in [1.54, 1.807) is 0 Å². The molecule has 2 rings (SSSR count). The van der Waals surface area contributed by atoms with Crippen molar-refractivity contribution in [2.24, 2.45) is 0 Å². The van der Waals surface area contributed by atoms with E-state index in [0.29, 0.717) is 12.0 Å². The summed E-state index contributed by atoms with van der Waals surface area (Å²) in [6.07, 6.45) is 1.62. The molecule has 0 aromatic heterocycles. The van der Waals surface area contributed by atoms with Gasteiger partial charge in [-0.05, 0) is 42.6 Å². The second kappa shape index (κ2) is 7.53. The Labute approximate surface area is 128 Å². The molecule has 0 radical (unpaired) electrons. The predicted molar refractivity (Wildman–Crippen MR) is 82.5 cm³/mol. The highest BCUT2D eigenvalue weighted by molar-refractivity contribution is 6.31.